The second-order valence-electron chi connectivity index (χ2n) is 3.30. The van der Waals surface area contributed by atoms with E-state index in [0.717, 1.165) is 6.07 Å². The van der Waals surface area contributed by atoms with Gasteiger partial charge in [0.05, 0.1) is 18.6 Å². The molecule has 1 atom stereocenters. The molecule has 0 amide bonds. The molecule has 1 aromatic carbocycles. The molecule has 16 heavy (non-hydrogen) atoms. The topological polar surface area (TPSA) is 51.2 Å². The van der Waals surface area contributed by atoms with Crippen molar-refractivity contribution in [3.05, 3.63) is 59.6 Å². The first-order valence-electron chi connectivity index (χ1n) is 4.66. The van der Waals surface area contributed by atoms with Gasteiger partial charge in [0, 0.05) is 11.1 Å². The molecular weight excluding hydrogens is 214 g/mol. The lowest BCUT2D eigenvalue weighted by molar-refractivity contribution is 0.481. The van der Waals surface area contributed by atoms with E-state index in [-0.39, 0.29) is 5.56 Å². The number of rotatable bonds is 3. The Hall–Kier alpha value is -1.72. The van der Waals surface area contributed by atoms with Crippen molar-refractivity contribution in [3.63, 3.8) is 0 Å². The molecule has 0 aliphatic carbocycles. The number of hydrogen-bond acceptors (Lipinski definition) is 3. The molecule has 0 saturated carbocycles. The normalized spacial score (nSPS) is 12.7. The molecule has 0 spiro atoms. The number of hydrazine groups is 1. The Labute approximate surface area is 90.8 Å². The van der Waals surface area contributed by atoms with Crippen molar-refractivity contribution < 1.29 is 13.2 Å². The van der Waals surface area contributed by atoms with Crippen LogP contribution in [0.3, 0.4) is 0 Å². The quantitative estimate of drug-likeness (QED) is 0.620. The summed E-state index contributed by atoms with van der Waals surface area (Å²) in [5.74, 6) is 3.52. The SMILES string of the molecule is NNC(c1ccoc1)c1cccc(F)c1F. The maximum Gasteiger partial charge on any atom is 0.163 e. The summed E-state index contributed by atoms with van der Waals surface area (Å²) in [5, 5.41) is 0. The predicted octanol–water partition coefficient (Wildman–Crippen LogP) is 2.11. The highest BCUT2D eigenvalue weighted by molar-refractivity contribution is 5.30. The van der Waals surface area contributed by atoms with Crippen LogP contribution in [0.4, 0.5) is 8.78 Å². The third kappa shape index (κ3) is 1.82. The minimum atomic E-state index is -0.911. The fraction of sp³-hybridized carbons (Fsp3) is 0.0909. The van der Waals surface area contributed by atoms with Crippen LogP contribution in [0.2, 0.25) is 0 Å². The second-order valence-corrected chi connectivity index (χ2v) is 3.30. The van der Waals surface area contributed by atoms with Crippen LogP contribution in [-0.4, -0.2) is 0 Å². The molecule has 0 aliphatic heterocycles. The molecule has 2 rings (SSSR count). The van der Waals surface area contributed by atoms with Gasteiger partial charge in [0.25, 0.3) is 0 Å². The monoisotopic (exact) mass is 224 g/mol. The van der Waals surface area contributed by atoms with Crippen LogP contribution in [0.25, 0.3) is 0 Å². The summed E-state index contributed by atoms with van der Waals surface area (Å²) in [6, 6.07) is 4.96. The molecule has 1 unspecified atom stereocenters. The molecule has 0 saturated heterocycles. The third-order valence-corrected chi connectivity index (χ3v) is 2.34. The predicted molar refractivity (Wildman–Crippen MR) is 54.2 cm³/mol. The Morgan fingerprint density at radius 1 is 1.25 bits per heavy atom. The van der Waals surface area contributed by atoms with Gasteiger partial charge in [-0.3, -0.25) is 5.84 Å². The molecule has 3 nitrogen and oxygen atoms in total. The van der Waals surface area contributed by atoms with Crippen LogP contribution < -0.4 is 11.3 Å². The first-order chi connectivity index (χ1) is 7.74. The zero-order valence-corrected chi connectivity index (χ0v) is 8.28. The largest absolute Gasteiger partial charge is 0.472 e. The maximum absolute atomic E-state index is 13.5. The molecule has 0 radical (unpaired) electrons. The van der Waals surface area contributed by atoms with Crippen molar-refractivity contribution in [2.24, 2.45) is 5.84 Å². The highest BCUT2D eigenvalue weighted by Crippen LogP contribution is 2.25. The standard InChI is InChI=1S/C11H10F2N2O/c12-9-3-1-2-8(10(9)13)11(15-14)7-4-5-16-6-7/h1-6,11,15H,14H2. The smallest absolute Gasteiger partial charge is 0.163 e. The van der Waals surface area contributed by atoms with Crippen LogP contribution in [0.5, 0.6) is 0 Å². The number of nitrogens with two attached hydrogens (primary N) is 1. The molecule has 5 heteroatoms. The van der Waals surface area contributed by atoms with E-state index in [0.29, 0.717) is 5.56 Å². The van der Waals surface area contributed by atoms with Gasteiger partial charge in [0.1, 0.15) is 0 Å². The van der Waals surface area contributed by atoms with Gasteiger partial charge in [-0.15, -0.1) is 0 Å². The van der Waals surface area contributed by atoms with Gasteiger partial charge in [-0.1, -0.05) is 12.1 Å². The minimum absolute atomic E-state index is 0.143. The zero-order chi connectivity index (χ0) is 11.5. The van der Waals surface area contributed by atoms with E-state index < -0.39 is 17.7 Å². The van der Waals surface area contributed by atoms with E-state index in [4.69, 9.17) is 10.3 Å². The summed E-state index contributed by atoms with van der Waals surface area (Å²) in [7, 11) is 0. The van der Waals surface area contributed by atoms with Gasteiger partial charge < -0.3 is 4.42 Å². The highest BCUT2D eigenvalue weighted by Gasteiger charge is 2.19. The molecule has 84 valence electrons. The average Bonchev–Trinajstić information content (AvgIpc) is 2.79. The zero-order valence-electron chi connectivity index (χ0n) is 8.28. The molecule has 3 N–H and O–H groups in total. The maximum atomic E-state index is 13.5. The molecule has 0 fully saturated rings. The van der Waals surface area contributed by atoms with E-state index in [1.807, 2.05) is 0 Å². The number of benzene rings is 1. The van der Waals surface area contributed by atoms with Gasteiger partial charge in [-0.2, -0.15) is 0 Å². The van der Waals surface area contributed by atoms with Crippen molar-refractivity contribution in [2.45, 2.75) is 6.04 Å². The van der Waals surface area contributed by atoms with Gasteiger partial charge >= 0.3 is 0 Å². The molecule has 1 heterocycles. The minimum Gasteiger partial charge on any atom is -0.472 e. The Morgan fingerprint density at radius 3 is 2.69 bits per heavy atom. The van der Waals surface area contributed by atoms with Crippen LogP contribution >= 0.6 is 0 Å². The van der Waals surface area contributed by atoms with Crippen LogP contribution in [-0.2, 0) is 0 Å². The van der Waals surface area contributed by atoms with Crippen molar-refractivity contribution in [1.29, 1.82) is 0 Å². The Morgan fingerprint density at radius 2 is 2.06 bits per heavy atom. The van der Waals surface area contributed by atoms with Crippen molar-refractivity contribution in [2.75, 3.05) is 0 Å². The van der Waals surface area contributed by atoms with Crippen LogP contribution in [0, 0.1) is 11.6 Å². The Kier molecular flexibility index (Phi) is 2.98. The van der Waals surface area contributed by atoms with Crippen LogP contribution in [0.15, 0.2) is 41.2 Å². The molecule has 0 aliphatic rings. The number of halogens is 2. The second kappa shape index (κ2) is 4.42. The van der Waals surface area contributed by atoms with E-state index in [2.05, 4.69) is 5.43 Å². The fourth-order valence-electron chi connectivity index (χ4n) is 1.55. The van der Waals surface area contributed by atoms with Gasteiger partial charge in [0.15, 0.2) is 11.6 Å². The Balaban J connectivity index is 2.45. The summed E-state index contributed by atoms with van der Waals surface area (Å²) in [6.07, 6.45) is 2.87. The van der Waals surface area contributed by atoms with Crippen molar-refractivity contribution >= 4 is 0 Å². The van der Waals surface area contributed by atoms with Gasteiger partial charge in [-0.25, -0.2) is 14.2 Å². The summed E-state index contributed by atoms with van der Waals surface area (Å²) >= 11 is 0. The molecule has 1 aromatic heterocycles. The lowest BCUT2D eigenvalue weighted by Gasteiger charge is -2.15. The highest BCUT2D eigenvalue weighted by atomic mass is 19.2. The first-order valence-corrected chi connectivity index (χ1v) is 4.66. The fourth-order valence-corrected chi connectivity index (χ4v) is 1.55. The van der Waals surface area contributed by atoms with Gasteiger partial charge in [-0.05, 0) is 12.1 Å². The van der Waals surface area contributed by atoms with E-state index in [1.165, 1.54) is 24.7 Å². The van der Waals surface area contributed by atoms with Crippen molar-refractivity contribution in [1.82, 2.24) is 5.43 Å². The number of furan rings is 1. The first kappa shape index (κ1) is 10.8. The Bertz CT molecular complexity index is 471. The summed E-state index contributed by atoms with van der Waals surface area (Å²) in [6.45, 7) is 0. The van der Waals surface area contributed by atoms with E-state index >= 15 is 0 Å². The molecular formula is C11H10F2N2O. The van der Waals surface area contributed by atoms with E-state index in [1.54, 1.807) is 6.07 Å². The van der Waals surface area contributed by atoms with Crippen LogP contribution in [0.1, 0.15) is 17.2 Å². The average molecular weight is 224 g/mol. The number of nitrogens with one attached hydrogen (secondary N) is 1. The third-order valence-electron chi connectivity index (χ3n) is 2.34. The summed E-state index contributed by atoms with van der Waals surface area (Å²) in [4.78, 5) is 0. The molecule has 2 aromatic rings. The van der Waals surface area contributed by atoms with Crippen molar-refractivity contribution in [3.8, 4) is 0 Å². The summed E-state index contributed by atoms with van der Waals surface area (Å²) < 4.78 is 31.5. The van der Waals surface area contributed by atoms with Gasteiger partial charge in [0.2, 0.25) is 0 Å². The molecule has 0 bridgehead atoms. The summed E-state index contributed by atoms with van der Waals surface area (Å²) in [5.41, 5.74) is 3.20. The number of hydrogen-bond donors (Lipinski definition) is 2. The lowest BCUT2D eigenvalue weighted by Crippen LogP contribution is -2.29. The van der Waals surface area contributed by atoms with E-state index in [9.17, 15) is 8.78 Å². The lowest BCUT2D eigenvalue weighted by atomic mass is 10.0.